The van der Waals surface area contributed by atoms with Crippen LogP contribution in [0.1, 0.15) is 0 Å². The van der Waals surface area contributed by atoms with E-state index < -0.39 is 54.3 Å². The molecule has 0 aliphatic carbocycles. The van der Waals surface area contributed by atoms with Gasteiger partial charge in [-0.05, 0) is 0 Å². The fourth-order valence-corrected chi connectivity index (χ4v) is 1.39. The molecular formula is C6H14Ca2O12P2. The van der Waals surface area contributed by atoms with Crippen LogP contribution in [0.4, 0.5) is 0 Å². The summed E-state index contributed by atoms with van der Waals surface area (Å²) in [6, 6.07) is 0. The maximum Gasteiger partial charge on any atom is 2.00 e. The number of hydrogen-bond acceptors (Lipinski definition) is 12. The third-order valence-corrected chi connectivity index (χ3v) is 2.34. The number of phosphoric acid groups is 2. The number of aliphatic hydroxyl groups excluding tert-OH is 4. The van der Waals surface area contributed by atoms with Gasteiger partial charge in [0.2, 0.25) is 0 Å². The average Bonchev–Trinajstić information content (AvgIpc) is 2.31. The largest absolute Gasteiger partial charge is 2.00 e. The minimum absolute atomic E-state index is 0. The van der Waals surface area contributed by atoms with Gasteiger partial charge in [0.1, 0.15) is 12.2 Å². The molecule has 0 radical (unpaired) electrons. The molecule has 22 heavy (non-hydrogen) atoms. The van der Waals surface area contributed by atoms with Gasteiger partial charge in [0.25, 0.3) is 0 Å². The maximum absolute atomic E-state index is 9.79. The Kier molecular flexibility index (Phi) is 25.0. The Hall–Kier alpha value is 2.58. The first kappa shape index (κ1) is 32.3. The van der Waals surface area contributed by atoms with Crippen LogP contribution in [0.2, 0.25) is 0 Å². The topological polar surface area (TPSA) is 226 Å². The fourth-order valence-electron chi connectivity index (χ4n) is 0.537. The Morgan fingerprint density at radius 3 is 1.45 bits per heavy atom. The molecule has 0 fully saturated rings. The molecule has 16 heteroatoms. The molecule has 4 N–H and O–H groups in total. The van der Waals surface area contributed by atoms with Crippen LogP contribution >= 0.6 is 15.6 Å². The first-order valence-electron chi connectivity index (χ1n) is 4.82. The van der Waals surface area contributed by atoms with E-state index in [1.807, 2.05) is 0 Å². The monoisotopic (exact) mass is 420 g/mol. The number of hydrogen-bond donors (Lipinski definition) is 4. The summed E-state index contributed by atoms with van der Waals surface area (Å²) in [6.07, 6.45) is -2.66. The number of rotatable bonds is 8. The molecule has 0 aliphatic heterocycles. The van der Waals surface area contributed by atoms with Crippen molar-refractivity contribution in [2.75, 3.05) is 26.4 Å². The van der Waals surface area contributed by atoms with Gasteiger partial charge in [-0.1, -0.05) is 0 Å². The second-order valence-corrected chi connectivity index (χ2v) is 5.38. The van der Waals surface area contributed by atoms with Crippen molar-refractivity contribution in [3.05, 3.63) is 0 Å². The van der Waals surface area contributed by atoms with Crippen LogP contribution in [0.25, 0.3) is 0 Å². The van der Waals surface area contributed by atoms with E-state index in [1.165, 1.54) is 0 Å². The zero-order valence-corrected chi connectivity index (χ0v) is 17.6. The molecule has 1 unspecified atom stereocenters. The molecule has 0 aromatic heterocycles. The molecule has 0 saturated carbocycles. The summed E-state index contributed by atoms with van der Waals surface area (Å²) in [5.74, 6) is 0. The third kappa shape index (κ3) is 27.4. The molecule has 0 saturated heterocycles. The standard InChI is InChI=1S/2C3H9O6P.2Ca/c4-1-3(5)2-9-10(6,7)8;4-1-3(2-5)9-10(6,7)8;;/h2*3-5H,1-2H2,(H2,6,7,8);;/q;;2*+2/p-4. The second-order valence-electron chi connectivity index (χ2n) is 3.12. The van der Waals surface area contributed by atoms with E-state index in [9.17, 15) is 28.7 Å². The van der Waals surface area contributed by atoms with Crippen molar-refractivity contribution in [1.82, 2.24) is 0 Å². The van der Waals surface area contributed by atoms with Gasteiger partial charge in [-0.15, -0.1) is 0 Å². The summed E-state index contributed by atoms with van der Waals surface area (Å²) in [6.45, 7) is -2.74. The van der Waals surface area contributed by atoms with Crippen molar-refractivity contribution >= 4 is 91.1 Å². The molecule has 0 aromatic rings. The zero-order chi connectivity index (χ0) is 16.4. The van der Waals surface area contributed by atoms with E-state index >= 15 is 0 Å². The van der Waals surface area contributed by atoms with Crippen molar-refractivity contribution in [2.45, 2.75) is 12.2 Å². The zero-order valence-electron chi connectivity index (χ0n) is 11.3. The van der Waals surface area contributed by atoms with Gasteiger partial charge in [-0.2, -0.15) is 0 Å². The molecule has 0 aromatic carbocycles. The van der Waals surface area contributed by atoms with Gasteiger partial charge in [-0.25, -0.2) is 0 Å². The van der Waals surface area contributed by atoms with Crippen molar-refractivity contribution < 1.29 is 58.2 Å². The number of phosphoric ester groups is 2. The Bertz CT molecular complexity index is 328. The molecule has 0 amide bonds. The Morgan fingerprint density at radius 2 is 1.27 bits per heavy atom. The molecule has 0 heterocycles. The normalized spacial score (nSPS) is 12.6. The number of aliphatic hydroxyl groups is 4. The van der Waals surface area contributed by atoms with E-state index in [0.29, 0.717) is 0 Å². The van der Waals surface area contributed by atoms with Crippen LogP contribution in [-0.2, 0) is 18.2 Å². The second kappa shape index (κ2) is 17.0. The predicted octanol–water partition coefficient (Wildman–Crippen LogP) is -6.39. The summed E-state index contributed by atoms with van der Waals surface area (Å²) in [5.41, 5.74) is 0. The first-order valence-corrected chi connectivity index (χ1v) is 7.75. The SMILES string of the molecule is O=P([O-])([O-])OC(CO)CO.O=P([O-])([O-])OCC(O)CO.[Ca+2].[Ca+2]. The van der Waals surface area contributed by atoms with Crippen molar-refractivity contribution in [2.24, 2.45) is 0 Å². The molecule has 0 rings (SSSR count). The Labute approximate surface area is 185 Å². The van der Waals surface area contributed by atoms with E-state index in [2.05, 4.69) is 9.05 Å². The maximum atomic E-state index is 9.79. The van der Waals surface area contributed by atoms with Gasteiger partial charge in [-0.3, -0.25) is 0 Å². The summed E-state index contributed by atoms with van der Waals surface area (Å²) in [4.78, 5) is 39.0. The molecule has 0 spiro atoms. The first-order chi connectivity index (χ1) is 8.95. The van der Waals surface area contributed by atoms with Crippen LogP contribution in [0.3, 0.4) is 0 Å². The summed E-state index contributed by atoms with van der Waals surface area (Å²) >= 11 is 0. The van der Waals surface area contributed by atoms with Gasteiger partial charge in [0.15, 0.2) is 0 Å². The van der Waals surface area contributed by atoms with Crippen LogP contribution in [0.15, 0.2) is 0 Å². The van der Waals surface area contributed by atoms with E-state index in [-0.39, 0.29) is 75.5 Å². The van der Waals surface area contributed by atoms with Gasteiger partial charge >= 0.3 is 75.5 Å². The third-order valence-electron chi connectivity index (χ3n) is 1.32. The fraction of sp³-hybridized carbons (Fsp3) is 1.00. The Balaban J connectivity index is -0.000000135. The van der Waals surface area contributed by atoms with E-state index in [4.69, 9.17) is 20.4 Å². The van der Waals surface area contributed by atoms with Crippen molar-refractivity contribution in [3.8, 4) is 0 Å². The summed E-state index contributed by atoms with van der Waals surface area (Å²) in [7, 11) is -10.1. The minimum Gasteiger partial charge on any atom is -0.790 e. The molecule has 1 atom stereocenters. The van der Waals surface area contributed by atoms with Gasteiger partial charge in [0, 0.05) is 0 Å². The molecule has 12 nitrogen and oxygen atoms in total. The average molecular weight is 420 g/mol. The van der Waals surface area contributed by atoms with Gasteiger partial charge in [0.05, 0.1) is 42.1 Å². The molecular weight excluding hydrogens is 406 g/mol. The van der Waals surface area contributed by atoms with E-state index in [1.54, 1.807) is 0 Å². The van der Waals surface area contributed by atoms with E-state index in [0.717, 1.165) is 0 Å². The molecule has 0 bridgehead atoms. The summed E-state index contributed by atoms with van der Waals surface area (Å²) in [5, 5.41) is 33.0. The smallest absolute Gasteiger partial charge is 0.790 e. The van der Waals surface area contributed by atoms with Crippen LogP contribution in [0.5, 0.6) is 0 Å². The summed E-state index contributed by atoms with van der Waals surface area (Å²) < 4.78 is 26.8. The predicted molar refractivity (Wildman–Crippen MR) is 64.8 cm³/mol. The van der Waals surface area contributed by atoms with Crippen molar-refractivity contribution in [3.63, 3.8) is 0 Å². The van der Waals surface area contributed by atoms with Crippen LogP contribution in [-0.4, -0.2) is 135 Å². The Morgan fingerprint density at radius 1 is 0.864 bits per heavy atom. The van der Waals surface area contributed by atoms with Crippen molar-refractivity contribution in [1.29, 1.82) is 0 Å². The minimum atomic E-state index is -5.07. The van der Waals surface area contributed by atoms with Gasteiger partial charge < -0.3 is 58.2 Å². The quantitative estimate of drug-likeness (QED) is 0.212. The molecule has 0 aliphatic rings. The van der Waals surface area contributed by atoms with Crippen LogP contribution < -0.4 is 19.6 Å². The molecule has 124 valence electrons. The van der Waals surface area contributed by atoms with Crippen LogP contribution in [0, 0.1) is 0 Å².